The van der Waals surface area contributed by atoms with Gasteiger partial charge in [-0.05, 0) is 18.2 Å². The van der Waals surface area contributed by atoms with E-state index in [1.54, 1.807) is 30.3 Å². The van der Waals surface area contributed by atoms with Crippen molar-refractivity contribution in [1.29, 1.82) is 0 Å². The highest BCUT2D eigenvalue weighted by Gasteiger charge is 2.04. The van der Waals surface area contributed by atoms with E-state index >= 15 is 0 Å². The van der Waals surface area contributed by atoms with Crippen molar-refractivity contribution in [2.24, 2.45) is 0 Å². The van der Waals surface area contributed by atoms with Crippen molar-refractivity contribution in [3.05, 3.63) is 41.0 Å². The van der Waals surface area contributed by atoms with Crippen molar-refractivity contribution >= 4 is 17.9 Å². The van der Waals surface area contributed by atoms with Crippen LogP contribution in [0.1, 0.15) is 10.4 Å². The van der Waals surface area contributed by atoms with Gasteiger partial charge in [0.05, 0.1) is 7.11 Å². The predicted octanol–water partition coefficient (Wildman–Crippen LogP) is 2.74. The average molecular weight is 265 g/mol. The number of aromatic nitrogens is 2. The first-order valence-electron chi connectivity index (χ1n) is 5.02. The van der Waals surface area contributed by atoms with E-state index in [2.05, 4.69) is 10.2 Å². The normalized spacial score (nSPS) is 9.89. The van der Waals surface area contributed by atoms with E-state index in [0.717, 1.165) is 0 Å². The van der Waals surface area contributed by atoms with Gasteiger partial charge in [-0.25, -0.2) is 0 Å². The van der Waals surface area contributed by atoms with Crippen LogP contribution in [0.4, 0.5) is 0 Å². The number of carbonyl (C=O) groups is 1. The lowest BCUT2D eigenvalue weighted by Crippen LogP contribution is -1.93. The van der Waals surface area contributed by atoms with Gasteiger partial charge < -0.3 is 9.47 Å². The quantitative estimate of drug-likeness (QED) is 0.795. The summed E-state index contributed by atoms with van der Waals surface area (Å²) in [4.78, 5) is 10.8. The molecule has 1 aromatic carbocycles. The number of rotatable bonds is 4. The van der Waals surface area contributed by atoms with Crippen LogP contribution in [-0.2, 0) is 0 Å². The third kappa shape index (κ3) is 2.95. The summed E-state index contributed by atoms with van der Waals surface area (Å²) in [6, 6.07) is 7.96. The lowest BCUT2D eigenvalue weighted by molar-refractivity contribution is 0.112. The zero-order valence-electron chi connectivity index (χ0n) is 9.46. The highest BCUT2D eigenvalue weighted by molar-refractivity contribution is 6.29. The van der Waals surface area contributed by atoms with Crippen LogP contribution in [-0.4, -0.2) is 23.6 Å². The van der Waals surface area contributed by atoms with Crippen molar-refractivity contribution in [3.63, 3.8) is 0 Å². The number of halogens is 1. The number of carbonyl (C=O) groups excluding carboxylic acids is 1. The maximum absolute atomic E-state index is 10.8. The van der Waals surface area contributed by atoms with Gasteiger partial charge in [-0.15, -0.1) is 10.2 Å². The molecule has 0 amide bonds. The van der Waals surface area contributed by atoms with Crippen LogP contribution in [0, 0.1) is 0 Å². The molecular formula is C12H9ClN2O3. The summed E-state index contributed by atoms with van der Waals surface area (Å²) in [5.41, 5.74) is 0.450. The van der Waals surface area contributed by atoms with Gasteiger partial charge in [-0.3, -0.25) is 4.79 Å². The molecule has 0 saturated heterocycles. The van der Waals surface area contributed by atoms with Gasteiger partial charge in [0.2, 0.25) is 5.88 Å². The third-order valence-corrected chi connectivity index (χ3v) is 2.31. The summed E-state index contributed by atoms with van der Waals surface area (Å²) in [6.45, 7) is 0. The summed E-state index contributed by atoms with van der Waals surface area (Å²) in [6.07, 6.45) is 0.711. The predicted molar refractivity (Wildman–Crippen MR) is 65.5 cm³/mol. The Morgan fingerprint density at radius 3 is 2.56 bits per heavy atom. The second-order valence-electron chi connectivity index (χ2n) is 3.36. The van der Waals surface area contributed by atoms with Crippen molar-refractivity contribution < 1.29 is 14.3 Å². The summed E-state index contributed by atoms with van der Waals surface area (Å²) >= 11 is 5.61. The van der Waals surface area contributed by atoms with Gasteiger partial charge in [0.1, 0.15) is 17.8 Å². The molecule has 0 saturated carbocycles. The molecule has 1 heterocycles. The van der Waals surface area contributed by atoms with E-state index in [9.17, 15) is 4.79 Å². The largest absolute Gasteiger partial charge is 0.497 e. The Kier molecular flexibility index (Phi) is 3.74. The lowest BCUT2D eigenvalue weighted by atomic mass is 10.2. The summed E-state index contributed by atoms with van der Waals surface area (Å²) in [5, 5.41) is 7.68. The van der Waals surface area contributed by atoms with Crippen LogP contribution < -0.4 is 9.47 Å². The molecule has 1 aromatic heterocycles. The number of ether oxygens (including phenoxy) is 2. The molecular weight excluding hydrogens is 256 g/mol. The second kappa shape index (κ2) is 5.46. The molecule has 6 heteroatoms. The van der Waals surface area contributed by atoms with Crippen LogP contribution in [0.2, 0.25) is 5.15 Å². The molecule has 2 aromatic rings. The molecule has 0 atom stereocenters. The van der Waals surface area contributed by atoms with Crippen molar-refractivity contribution in [2.75, 3.05) is 7.11 Å². The first-order valence-corrected chi connectivity index (χ1v) is 5.40. The van der Waals surface area contributed by atoms with Crippen molar-refractivity contribution in [3.8, 4) is 17.4 Å². The Morgan fingerprint density at radius 2 is 1.94 bits per heavy atom. The van der Waals surface area contributed by atoms with Crippen LogP contribution in [0.15, 0.2) is 30.3 Å². The summed E-state index contributed by atoms with van der Waals surface area (Å²) in [5.74, 6) is 1.24. The van der Waals surface area contributed by atoms with Gasteiger partial charge >= 0.3 is 0 Å². The third-order valence-electron chi connectivity index (χ3n) is 2.10. The number of hydrogen-bond acceptors (Lipinski definition) is 5. The molecule has 0 fully saturated rings. The Bertz CT molecular complexity index is 558. The molecule has 0 aliphatic heterocycles. The highest BCUT2D eigenvalue weighted by Crippen LogP contribution is 2.25. The zero-order chi connectivity index (χ0) is 13.0. The van der Waals surface area contributed by atoms with E-state index in [-0.39, 0.29) is 11.0 Å². The fraction of sp³-hybridized carbons (Fsp3) is 0.0833. The van der Waals surface area contributed by atoms with Gasteiger partial charge in [0.25, 0.3) is 0 Å². The van der Waals surface area contributed by atoms with Gasteiger partial charge in [-0.2, -0.15) is 0 Å². The molecule has 0 N–H and O–H groups in total. The van der Waals surface area contributed by atoms with Crippen LogP contribution in [0.3, 0.4) is 0 Å². The van der Waals surface area contributed by atoms with Crippen LogP contribution >= 0.6 is 11.6 Å². The van der Waals surface area contributed by atoms with Crippen molar-refractivity contribution in [1.82, 2.24) is 10.2 Å². The molecule has 0 bridgehead atoms. The zero-order valence-corrected chi connectivity index (χ0v) is 10.2. The fourth-order valence-electron chi connectivity index (χ4n) is 1.32. The van der Waals surface area contributed by atoms with E-state index in [4.69, 9.17) is 21.1 Å². The number of benzene rings is 1. The Labute approximate surface area is 108 Å². The molecule has 0 aliphatic rings. The van der Waals surface area contributed by atoms with Crippen molar-refractivity contribution in [2.45, 2.75) is 0 Å². The molecule has 0 unspecified atom stereocenters. The summed E-state index contributed by atoms with van der Waals surface area (Å²) < 4.78 is 10.5. The smallest absolute Gasteiger partial charge is 0.238 e. The molecule has 2 rings (SSSR count). The number of aldehydes is 1. The second-order valence-corrected chi connectivity index (χ2v) is 3.74. The van der Waals surface area contributed by atoms with Gasteiger partial charge in [-0.1, -0.05) is 11.6 Å². The van der Waals surface area contributed by atoms with E-state index in [1.165, 1.54) is 7.11 Å². The summed E-state index contributed by atoms with van der Waals surface area (Å²) in [7, 11) is 1.51. The van der Waals surface area contributed by atoms with Crippen LogP contribution in [0.25, 0.3) is 0 Å². The SMILES string of the molecule is COc1cc(C=O)cc(Oc2ccc(Cl)nn2)c1. The maximum Gasteiger partial charge on any atom is 0.238 e. The number of hydrogen-bond donors (Lipinski definition) is 0. The highest BCUT2D eigenvalue weighted by atomic mass is 35.5. The number of nitrogens with zero attached hydrogens (tertiary/aromatic N) is 2. The first-order chi connectivity index (χ1) is 8.71. The van der Waals surface area contributed by atoms with Gasteiger partial charge in [0, 0.05) is 17.7 Å². The van der Waals surface area contributed by atoms with E-state index in [0.29, 0.717) is 23.3 Å². The molecule has 0 radical (unpaired) electrons. The van der Waals surface area contributed by atoms with Crippen LogP contribution in [0.5, 0.6) is 17.4 Å². The lowest BCUT2D eigenvalue weighted by Gasteiger charge is -2.07. The molecule has 5 nitrogen and oxygen atoms in total. The molecule has 0 spiro atoms. The first kappa shape index (κ1) is 12.3. The maximum atomic E-state index is 10.8. The Balaban J connectivity index is 2.27. The standard InChI is InChI=1S/C12H9ClN2O3/c1-17-9-4-8(7-16)5-10(6-9)18-12-3-2-11(13)14-15-12/h2-7H,1H3. The topological polar surface area (TPSA) is 61.3 Å². The van der Waals surface area contributed by atoms with E-state index in [1.807, 2.05) is 0 Å². The molecule has 0 aliphatic carbocycles. The Morgan fingerprint density at radius 1 is 1.17 bits per heavy atom. The molecule has 92 valence electrons. The minimum absolute atomic E-state index is 0.279. The Hall–Kier alpha value is -2.14. The van der Waals surface area contributed by atoms with E-state index < -0.39 is 0 Å². The molecule has 18 heavy (non-hydrogen) atoms. The average Bonchev–Trinajstić information content (AvgIpc) is 2.41. The minimum atomic E-state index is 0.279. The monoisotopic (exact) mass is 264 g/mol. The van der Waals surface area contributed by atoms with Gasteiger partial charge in [0.15, 0.2) is 5.15 Å². The minimum Gasteiger partial charge on any atom is -0.497 e. The number of methoxy groups -OCH3 is 1. The fourth-order valence-corrected chi connectivity index (χ4v) is 1.42.